The monoisotopic (exact) mass is 194 g/mol. The quantitative estimate of drug-likeness (QED) is 0.587. The van der Waals surface area contributed by atoms with E-state index >= 15 is 0 Å². The minimum absolute atomic E-state index is 0.443. The van der Waals surface area contributed by atoms with Crippen molar-refractivity contribution in [2.24, 2.45) is 0 Å². The molecule has 0 saturated carbocycles. The fourth-order valence-electron chi connectivity index (χ4n) is 0.951. The Morgan fingerprint density at radius 2 is 2.33 bits per heavy atom. The summed E-state index contributed by atoms with van der Waals surface area (Å²) in [6, 6.07) is 5.54. The van der Waals surface area contributed by atoms with E-state index in [1.54, 1.807) is 6.07 Å². The molecule has 1 aromatic carbocycles. The third-order valence-electron chi connectivity index (χ3n) is 1.45. The van der Waals surface area contributed by atoms with Gasteiger partial charge in [-0.3, -0.25) is 0 Å². The summed E-state index contributed by atoms with van der Waals surface area (Å²) < 4.78 is 0.966. The van der Waals surface area contributed by atoms with Crippen LogP contribution in [0.15, 0.2) is 18.2 Å². The molecule has 2 aromatic rings. The fourth-order valence-corrected chi connectivity index (χ4v) is 2.00. The van der Waals surface area contributed by atoms with Gasteiger partial charge in [0.1, 0.15) is 0 Å². The summed E-state index contributed by atoms with van der Waals surface area (Å²) in [6.45, 7) is 6.78. The van der Waals surface area contributed by atoms with Crippen LogP contribution in [0.3, 0.4) is 0 Å². The molecule has 0 saturated heterocycles. The maximum absolute atomic E-state index is 6.78. The zero-order valence-corrected chi connectivity index (χ0v) is 7.49. The molecule has 0 aliphatic carbocycles. The van der Waals surface area contributed by atoms with E-state index in [9.17, 15) is 0 Å². The molecule has 0 aliphatic heterocycles. The highest BCUT2D eigenvalue weighted by Gasteiger charge is 2.08. The first-order valence-electron chi connectivity index (χ1n) is 3.24. The van der Waals surface area contributed by atoms with Gasteiger partial charge in [-0.15, -0.1) is 16.3 Å². The lowest BCUT2D eigenvalue weighted by molar-refractivity contribution is 1.52. The first-order chi connectivity index (χ1) is 5.81. The van der Waals surface area contributed by atoms with E-state index < -0.39 is 0 Å². The van der Waals surface area contributed by atoms with Gasteiger partial charge in [-0.2, -0.15) is 0 Å². The highest BCUT2D eigenvalue weighted by molar-refractivity contribution is 7.22. The van der Waals surface area contributed by atoms with Gasteiger partial charge in [0.05, 0.1) is 9.72 Å². The predicted molar refractivity (Wildman–Crippen MR) is 50.9 cm³/mol. The summed E-state index contributed by atoms with van der Waals surface area (Å²) >= 11 is 7.23. The Bertz CT molecular complexity index is 469. The molecule has 0 N–H and O–H groups in total. The Morgan fingerprint density at radius 1 is 1.50 bits per heavy atom. The first-order valence-corrected chi connectivity index (χ1v) is 4.43. The summed E-state index contributed by atoms with van der Waals surface area (Å²) in [5.74, 6) is 0. The van der Waals surface area contributed by atoms with Crippen molar-refractivity contribution in [2.75, 3.05) is 0 Å². The van der Waals surface area contributed by atoms with Crippen LogP contribution in [-0.4, -0.2) is 4.98 Å². The van der Waals surface area contributed by atoms with E-state index in [-0.39, 0.29) is 0 Å². The van der Waals surface area contributed by atoms with Gasteiger partial charge < -0.3 is 4.85 Å². The average Bonchev–Trinajstić information content (AvgIpc) is 2.49. The van der Waals surface area contributed by atoms with Crippen LogP contribution in [0.25, 0.3) is 15.1 Å². The zero-order valence-electron chi connectivity index (χ0n) is 5.91. The van der Waals surface area contributed by atoms with Crippen LogP contribution in [0.1, 0.15) is 0 Å². The van der Waals surface area contributed by atoms with Crippen LogP contribution in [0.5, 0.6) is 0 Å². The molecule has 1 aromatic heterocycles. The largest absolute Gasteiger partial charge is 0.351 e. The molecule has 12 heavy (non-hydrogen) atoms. The number of fused-ring (bicyclic) bond motifs is 1. The molecule has 0 radical (unpaired) electrons. The molecule has 4 heteroatoms. The van der Waals surface area contributed by atoms with Crippen molar-refractivity contribution in [3.05, 3.63) is 34.6 Å². The highest BCUT2D eigenvalue weighted by atomic mass is 35.5. The third kappa shape index (κ3) is 1.06. The molecule has 0 amide bonds. The first kappa shape index (κ1) is 7.53. The Balaban J connectivity index is 2.85. The van der Waals surface area contributed by atoms with Gasteiger partial charge in [-0.25, -0.2) is 0 Å². The zero-order chi connectivity index (χ0) is 8.55. The number of nitrogens with zero attached hydrogens (tertiary/aromatic N) is 2. The standard InChI is InChI=1S/C8H3ClN2S/c1-10-8-11-7-5(9)3-2-4-6(7)12-8/h2-4H. The van der Waals surface area contributed by atoms with Gasteiger partial charge >= 0.3 is 5.13 Å². The molecule has 0 fully saturated rings. The van der Waals surface area contributed by atoms with Crippen LogP contribution in [0, 0.1) is 6.57 Å². The number of halogens is 1. The number of benzene rings is 1. The maximum Gasteiger partial charge on any atom is 0.330 e. The van der Waals surface area contributed by atoms with Gasteiger partial charge in [-0.05, 0) is 12.1 Å². The SMILES string of the molecule is [C-]#[N+]c1nc2c(Cl)cccc2s1. The molecule has 0 bridgehead atoms. The molecule has 0 unspecified atom stereocenters. The summed E-state index contributed by atoms with van der Waals surface area (Å²) in [7, 11) is 0. The number of rotatable bonds is 0. The van der Waals surface area contributed by atoms with Gasteiger partial charge in [0, 0.05) is 0 Å². The van der Waals surface area contributed by atoms with Crippen LogP contribution < -0.4 is 0 Å². The topological polar surface area (TPSA) is 17.2 Å². The van der Waals surface area contributed by atoms with E-state index in [2.05, 4.69) is 9.83 Å². The summed E-state index contributed by atoms with van der Waals surface area (Å²) in [6.07, 6.45) is 0. The van der Waals surface area contributed by atoms with Crippen LogP contribution in [0.2, 0.25) is 5.02 Å². The number of hydrogen-bond donors (Lipinski definition) is 0. The minimum Gasteiger partial charge on any atom is -0.351 e. The van der Waals surface area contributed by atoms with Gasteiger partial charge in [0.25, 0.3) is 0 Å². The smallest absolute Gasteiger partial charge is 0.330 e. The van der Waals surface area contributed by atoms with Crippen molar-refractivity contribution < 1.29 is 0 Å². The van der Waals surface area contributed by atoms with Crippen molar-refractivity contribution in [3.8, 4) is 0 Å². The molecule has 0 atom stereocenters. The van der Waals surface area contributed by atoms with E-state index in [1.165, 1.54) is 11.3 Å². The van der Waals surface area contributed by atoms with E-state index in [0.717, 1.165) is 10.2 Å². The van der Waals surface area contributed by atoms with Crippen molar-refractivity contribution in [3.63, 3.8) is 0 Å². The third-order valence-corrected chi connectivity index (χ3v) is 2.67. The van der Waals surface area contributed by atoms with E-state index in [0.29, 0.717) is 10.2 Å². The molecule has 2 rings (SSSR count). The fraction of sp³-hybridized carbons (Fsp3) is 0. The predicted octanol–water partition coefficient (Wildman–Crippen LogP) is 3.50. The lowest BCUT2D eigenvalue weighted by Gasteiger charge is -1.84. The minimum atomic E-state index is 0.443. The Morgan fingerprint density at radius 3 is 3.00 bits per heavy atom. The second-order valence-corrected chi connectivity index (χ2v) is 3.61. The lowest BCUT2D eigenvalue weighted by Crippen LogP contribution is -1.67. The molecule has 0 spiro atoms. The molecule has 58 valence electrons. The highest BCUT2D eigenvalue weighted by Crippen LogP contribution is 2.31. The normalized spacial score (nSPS) is 10.0. The van der Waals surface area contributed by atoms with Crippen LogP contribution >= 0.6 is 22.9 Å². The molecule has 1 heterocycles. The summed E-state index contributed by atoms with van der Waals surface area (Å²) in [5.41, 5.74) is 0.732. The van der Waals surface area contributed by atoms with E-state index in [4.69, 9.17) is 18.2 Å². The van der Waals surface area contributed by atoms with Crippen LogP contribution in [-0.2, 0) is 0 Å². The molecular weight excluding hydrogens is 192 g/mol. The second-order valence-electron chi connectivity index (χ2n) is 2.19. The second kappa shape index (κ2) is 2.74. The molecule has 0 aliphatic rings. The number of thiazole rings is 1. The number of hydrogen-bond acceptors (Lipinski definition) is 2. The van der Waals surface area contributed by atoms with Gasteiger partial charge in [-0.1, -0.05) is 24.2 Å². The van der Waals surface area contributed by atoms with Crippen molar-refractivity contribution >= 4 is 38.3 Å². The Labute approximate surface area is 78.2 Å². The Kier molecular flexibility index (Phi) is 1.72. The molecule has 2 nitrogen and oxygen atoms in total. The molecular formula is C8H3ClN2S. The number of aromatic nitrogens is 1. The van der Waals surface area contributed by atoms with Gasteiger partial charge in [0.2, 0.25) is 0 Å². The van der Waals surface area contributed by atoms with Crippen molar-refractivity contribution in [1.29, 1.82) is 0 Å². The van der Waals surface area contributed by atoms with Crippen molar-refractivity contribution in [1.82, 2.24) is 4.98 Å². The van der Waals surface area contributed by atoms with E-state index in [1.807, 2.05) is 12.1 Å². The van der Waals surface area contributed by atoms with Crippen molar-refractivity contribution in [2.45, 2.75) is 0 Å². The average molecular weight is 195 g/mol. The van der Waals surface area contributed by atoms with Gasteiger partial charge in [0.15, 0.2) is 5.52 Å². The maximum atomic E-state index is 6.78. The lowest BCUT2D eigenvalue weighted by atomic mass is 10.3. The summed E-state index contributed by atoms with van der Waals surface area (Å²) in [5, 5.41) is 1.05. The van der Waals surface area contributed by atoms with Crippen LogP contribution in [0.4, 0.5) is 5.13 Å². The number of para-hydroxylation sites is 1. The summed E-state index contributed by atoms with van der Waals surface area (Å²) in [4.78, 5) is 7.31. The Hall–Kier alpha value is -1.11.